The van der Waals surface area contributed by atoms with Crippen LogP contribution in [0.4, 0.5) is 13.2 Å². The van der Waals surface area contributed by atoms with Crippen LogP contribution >= 0.6 is 0 Å². The lowest BCUT2D eigenvalue weighted by molar-refractivity contribution is -0.274. The van der Waals surface area contributed by atoms with Gasteiger partial charge < -0.3 is 4.74 Å². The SMILES string of the molecule is O=S(=O)(NCCc1cccnc1)c1ccc(OC(F)(F)F)cc1. The van der Waals surface area contributed by atoms with Crippen molar-refractivity contribution in [2.24, 2.45) is 0 Å². The Morgan fingerprint density at radius 2 is 1.83 bits per heavy atom. The molecule has 0 fully saturated rings. The molecule has 1 aromatic carbocycles. The van der Waals surface area contributed by atoms with Crippen LogP contribution in [0.2, 0.25) is 0 Å². The first kappa shape index (κ1) is 17.2. The number of alkyl halides is 3. The molecule has 0 spiro atoms. The van der Waals surface area contributed by atoms with Crippen molar-refractivity contribution in [1.29, 1.82) is 0 Å². The molecule has 1 heterocycles. The van der Waals surface area contributed by atoms with E-state index >= 15 is 0 Å². The fourth-order valence-electron chi connectivity index (χ4n) is 1.78. The Bertz CT molecular complexity index is 732. The van der Waals surface area contributed by atoms with E-state index < -0.39 is 22.1 Å². The molecular weight excluding hydrogens is 333 g/mol. The van der Waals surface area contributed by atoms with Crippen LogP contribution in [-0.4, -0.2) is 26.3 Å². The van der Waals surface area contributed by atoms with Gasteiger partial charge in [0.05, 0.1) is 4.90 Å². The largest absolute Gasteiger partial charge is 0.573 e. The van der Waals surface area contributed by atoms with Crippen molar-refractivity contribution < 1.29 is 26.3 Å². The van der Waals surface area contributed by atoms with E-state index in [0.717, 1.165) is 29.8 Å². The Morgan fingerprint density at radius 1 is 1.13 bits per heavy atom. The molecule has 1 aromatic heterocycles. The molecule has 124 valence electrons. The first-order valence-corrected chi connectivity index (χ1v) is 7.99. The van der Waals surface area contributed by atoms with Crippen LogP contribution in [0.25, 0.3) is 0 Å². The molecule has 0 saturated heterocycles. The normalized spacial score (nSPS) is 12.1. The van der Waals surface area contributed by atoms with Gasteiger partial charge in [0, 0.05) is 18.9 Å². The average Bonchev–Trinajstić information content (AvgIpc) is 2.47. The van der Waals surface area contributed by atoms with Crippen molar-refractivity contribution in [2.75, 3.05) is 6.54 Å². The quantitative estimate of drug-likeness (QED) is 0.873. The summed E-state index contributed by atoms with van der Waals surface area (Å²) in [7, 11) is -3.80. The minimum absolute atomic E-state index is 0.141. The van der Waals surface area contributed by atoms with Gasteiger partial charge in [-0.05, 0) is 42.3 Å². The summed E-state index contributed by atoms with van der Waals surface area (Å²) < 4.78 is 66.3. The minimum Gasteiger partial charge on any atom is -0.406 e. The molecule has 0 aliphatic heterocycles. The van der Waals surface area contributed by atoms with Gasteiger partial charge in [-0.15, -0.1) is 13.2 Å². The van der Waals surface area contributed by atoms with Crippen molar-refractivity contribution in [2.45, 2.75) is 17.7 Å². The second kappa shape index (κ2) is 6.97. The van der Waals surface area contributed by atoms with E-state index in [1.165, 1.54) is 0 Å². The molecule has 0 atom stereocenters. The molecule has 0 aliphatic carbocycles. The predicted octanol–water partition coefficient (Wildman–Crippen LogP) is 2.50. The number of nitrogens with zero attached hydrogens (tertiary/aromatic N) is 1. The number of nitrogens with one attached hydrogen (secondary N) is 1. The monoisotopic (exact) mass is 346 g/mol. The van der Waals surface area contributed by atoms with E-state index in [-0.39, 0.29) is 11.4 Å². The molecule has 0 aliphatic rings. The molecule has 0 saturated carbocycles. The highest BCUT2D eigenvalue weighted by molar-refractivity contribution is 7.89. The predicted molar refractivity (Wildman–Crippen MR) is 76.3 cm³/mol. The smallest absolute Gasteiger partial charge is 0.406 e. The van der Waals surface area contributed by atoms with E-state index in [4.69, 9.17) is 0 Å². The summed E-state index contributed by atoms with van der Waals surface area (Å²) in [5.74, 6) is -0.480. The molecule has 23 heavy (non-hydrogen) atoms. The lowest BCUT2D eigenvalue weighted by atomic mass is 10.2. The molecule has 2 aromatic rings. The molecule has 2 rings (SSSR count). The summed E-state index contributed by atoms with van der Waals surface area (Å²) in [5, 5.41) is 0. The van der Waals surface area contributed by atoms with E-state index in [1.54, 1.807) is 18.5 Å². The van der Waals surface area contributed by atoms with Gasteiger partial charge in [0.15, 0.2) is 0 Å². The third-order valence-corrected chi connectivity index (χ3v) is 4.27. The van der Waals surface area contributed by atoms with Crippen LogP contribution in [0, 0.1) is 0 Å². The van der Waals surface area contributed by atoms with Crippen molar-refractivity contribution in [3.05, 3.63) is 54.4 Å². The maximum Gasteiger partial charge on any atom is 0.573 e. The summed E-state index contributed by atoms with van der Waals surface area (Å²) >= 11 is 0. The third-order valence-electron chi connectivity index (χ3n) is 2.80. The number of pyridine rings is 1. The molecule has 1 N–H and O–H groups in total. The van der Waals surface area contributed by atoms with E-state index in [2.05, 4.69) is 14.4 Å². The number of halogens is 3. The maximum atomic E-state index is 12.0. The Labute approximate surface area is 131 Å². The van der Waals surface area contributed by atoms with Gasteiger partial charge in [0.25, 0.3) is 0 Å². The van der Waals surface area contributed by atoms with Crippen molar-refractivity contribution >= 4 is 10.0 Å². The van der Waals surface area contributed by atoms with Crippen LogP contribution in [0.15, 0.2) is 53.7 Å². The van der Waals surface area contributed by atoms with Crippen LogP contribution in [0.1, 0.15) is 5.56 Å². The van der Waals surface area contributed by atoms with Gasteiger partial charge in [0.1, 0.15) is 5.75 Å². The number of rotatable bonds is 6. The van der Waals surface area contributed by atoms with Crippen LogP contribution < -0.4 is 9.46 Å². The first-order valence-electron chi connectivity index (χ1n) is 6.51. The summed E-state index contributed by atoms with van der Waals surface area (Å²) in [6.45, 7) is 0.148. The summed E-state index contributed by atoms with van der Waals surface area (Å²) in [6.07, 6.45) is -1.14. The van der Waals surface area contributed by atoms with Gasteiger partial charge in [-0.3, -0.25) is 4.98 Å². The Kier molecular flexibility index (Phi) is 5.22. The fourth-order valence-corrected chi connectivity index (χ4v) is 2.81. The summed E-state index contributed by atoms with van der Waals surface area (Å²) in [6, 6.07) is 7.54. The number of ether oxygens (including phenoxy) is 1. The second-order valence-electron chi connectivity index (χ2n) is 4.53. The summed E-state index contributed by atoms with van der Waals surface area (Å²) in [5.41, 5.74) is 0.865. The zero-order valence-corrected chi connectivity index (χ0v) is 12.6. The van der Waals surface area contributed by atoms with Gasteiger partial charge >= 0.3 is 6.36 Å². The van der Waals surface area contributed by atoms with Crippen LogP contribution in [0.5, 0.6) is 5.75 Å². The highest BCUT2D eigenvalue weighted by Gasteiger charge is 2.31. The molecule has 9 heteroatoms. The zero-order valence-electron chi connectivity index (χ0n) is 11.7. The second-order valence-corrected chi connectivity index (χ2v) is 6.30. The minimum atomic E-state index is -4.82. The van der Waals surface area contributed by atoms with E-state index in [9.17, 15) is 21.6 Å². The highest BCUT2D eigenvalue weighted by atomic mass is 32.2. The molecule has 0 bridgehead atoms. The fraction of sp³-hybridized carbons (Fsp3) is 0.214. The first-order chi connectivity index (χ1) is 10.8. The molecule has 0 radical (unpaired) electrons. The molecule has 5 nitrogen and oxygen atoms in total. The van der Waals surface area contributed by atoms with E-state index in [1.807, 2.05) is 6.07 Å². The number of benzene rings is 1. The molecule has 0 unspecified atom stereocenters. The topological polar surface area (TPSA) is 68.3 Å². The van der Waals surface area contributed by atoms with Crippen molar-refractivity contribution in [3.63, 3.8) is 0 Å². The van der Waals surface area contributed by atoms with Gasteiger partial charge in [-0.25, -0.2) is 13.1 Å². The Balaban J connectivity index is 1.96. The number of hydrogen-bond donors (Lipinski definition) is 1. The standard InChI is InChI=1S/C14H13F3N2O3S/c15-14(16,17)22-12-3-5-13(6-4-12)23(20,21)19-9-7-11-2-1-8-18-10-11/h1-6,8,10,19H,7,9H2. The average molecular weight is 346 g/mol. The molecule has 0 amide bonds. The van der Waals surface area contributed by atoms with Crippen LogP contribution in [0.3, 0.4) is 0 Å². The van der Waals surface area contributed by atoms with Crippen molar-refractivity contribution in [1.82, 2.24) is 9.71 Å². The van der Waals surface area contributed by atoms with Crippen molar-refractivity contribution in [3.8, 4) is 5.75 Å². The Morgan fingerprint density at radius 3 is 2.39 bits per heavy atom. The number of aromatic nitrogens is 1. The third kappa shape index (κ3) is 5.53. The van der Waals surface area contributed by atoms with E-state index in [0.29, 0.717) is 6.42 Å². The number of hydrogen-bond acceptors (Lipinski definition) is 4. The van der Waals surface area contributed by atoms with Gasteiger partial charge in [-0.2, -0.15) is 0 Å². The lowest BCUT2D eigenvalue weighted by Gasteiger charge is -2.10. The summed E-state index contributed by atoms with van der Waals surface area (Å²) in [4.78, 5) is 3.77. The van der Waals surface area contributed by atoms with Crippen LogP contribution in [-0.2, 0) is 16.4 Å². The van der Waals surface area contributed by atoms with Gasteiger partial charge in [0.2, 0.25) is 10.0 Å². The Hall–Kier alpha value is -2.13. The number of sulfonamides is 1. The van der Waals surface area contributed by atoms with Gasteiger partial charge in [-0.1, -0.05) is 6.07 Å². The zero-order chi connectivity index (χ0) is 16.9. The highest BCUT2D eigenvalue weighted by Crippen LogP contribution is 2.23. The maximum absolute atomic E-state index is 12.0. The molecular formula is C14H13F3N2O3S. The lowest BCUT2D eigenvalue weighted by Crippen LogP contribution is -2.26.